The second-order valence-electron chi connectivity index (χ2n) is 3.23. The van der Waals surface area contributed by atoms with Crippen molar-refractivity contribution in [2.45, 2.75) is 26.7 Å². The van der Waals surface area contributed by atoms with Crippen molar-refractivity contribution in [1.29, 1.82) is 0 Å². The van der Waals surface area contributed by atoms with Crippen LogP contribution in [0.15, 0.2) is 23.3 Å². The fraction of sp³-hybridized carbons (Fsp3) is 0.500. The smallest absolute Gasteiger partial charge is 0.0303 e. The van der Waals surface area contributed by atoms with Crippen molar-refractivity contribution < 1.29 is 0 Å². The highest BCUT2D eigenvalue weighted by Crippen LogP contribution is 2.56. The van der Waals surface area contributed by atoms with Crippen LogP contribution in [0.25, 0.3) is 0 Å². The van der Waals surface area contributed by atoms with E-state index in [1.807, 2.05) is 0 Å². The summed E-state index contributed by atoms with van der Waals surface area (Å²) in [5, 5.41) is 0. The first-order chi connectivity index (χ1) is 4.84. The minimum Gasteiger partial charge on any atom is -0.0722 e. The Kier molecular flexibility index (Phi) is 1.23. The van der Waals surface area contributed by atoms with Gasteiger partial charge >= 0.3 is 0 Å². The molecule has 1 saturated carbocycles. The lowest BCUT2D eigenvalue weighted by molar-refractivity contribution is 0.740. The van der Waals surface area contributed by atoms with Crippen LogP contribution in [0.2, 0.25) is 0 Å². The van der Waals surface area contributed by atoms with Gasteiger partial charge in [0, 0.05) is 5.92 Å². The lowest BCUT2D eigenvalue weighted by atomic mass is 10.1. The van der Waals surface area contributed by atoms with Gasteiger partial charge in [-0.15, -0.1) is 0 Å². The highest BCUT2D eigenvalue weighted by molar-refractivity contribution is 5.65. The van der Waals surface area contributed by atoms with E-state index < -0.39 is 0 Å². The molecule has 0 aromatic heterocycles. The zero-order valence-electron chi connectivity index (χ0n) is 6.65. The van der Waals surface area contributed by atoms with Crippen LogP contribution in [0.5, 0.6) is 0 Å². The summed E-state index contributed by atoms with van der Waals surface area (Å²) in [6.07, 6.45) is 7.20. The van der Waals surface area contributed by atoms with E-state index in [2.05, 4.69) is 26.0 Å². The Hall–Kier alpha value is -0.520. The molecule has 2 aliphatic rings. The van der Waals surface area contributed by atoms with Crippen molar-refractivity contribution in [2.24, 2.45) is 5.92 Å². The van der Waals surface area contributed by atoms with E-state index in [4.69, 9.17) is 0 Å². The van der Waals surface area contributed by atoms with Crippen LogP contribution in [0.3, 0.4) is 0 Å². The number of fused-ring (bicyclic) bond motifs is 1. The van der Waals surface area contributed by atoms with Crippen LogP contribution < -0.4 is 0 Å². The van der Waals surface area contributed by atoms with Gasteiger partial charge in [0.2, 0.25) is 0 Å². The molecule has 0 heteroatoms. The lowest BCUT2D eigenvalue weighted by Crippen LogP contribution is -1.78. The number of rotatable bonds is 2. The Morgan fingerprint density at radius 1 is 1.40 bits per heavy atom. The molecule has 1 fully saturated rings. The Morgan fingerprint density at radius 2 is 2.20 bits per heavy atom. The molecule has 2 aliphatic carbocycles. The van der Waals surface area contributed by atoms with Crippen LogP contribution in [0.1, 0.15) is 26.7 Å². The largest absolute Gasteiger partial charge is 0.0722 e. The summed E-state index contributed by atoms with van der Waals surface area (Å²) in [6.45, 7) is 4.47. The molecule has 0 heterocycles. The minimum absolute atomic E-state index is 0.870. The third kappa shape index (κ3) is 0.681. The summed E-state index contributed by atoms with van der Waals surface area (Å²) in [4.78, 5) is 0. The van der Waals surface area contributed by atoms with Gasteiger partial charge in [-0.25, -0.2) is 0 Å². The highest BCUT2D eigenvalue weighted by Gasteiger charge is 2.45. The molecule has 1 unspecified atom stereocenters. The van der Waals surface area contributed by atoms with Gasteiger partial charge < -0.3 is 0 Å². The highest BCUT2D eigenvalue weighted by atomic mass is 14.5. The second-order valence-corrected chi connectivity index (χ2v) is 3.23. The first kappa shape index (κ1) is 6.21. The average Bonchev–Trinajstić information content (AvgIpc) is 2.45. The van der Waals surface area contributed by atoms with Gasteiger partial charge in [-0.3, -0.25) is 0 Å². The number of hydrogen-bond acceptors (Lipinski definition) is 0. The van der Waals surface area contributed by atoms with E-state index in [0.717, 1.165) is 5.92 Å². The van der Waals surface area contributed by atoms with E-state index in [1.54, 1.807) is 11.5 Å². The Bertz CT molecular complexity index is 208. The first-order valence-corrected chi connectivity index (χ1v) is 4.10. The number of allylic oxidation sites excluding steroid dienone is 4. The zero-order valence-corrected chi connectivity index (χ0v) is 6.65. The van der Waals surface area contributed by atoms with Crippen LogP contribution >= 0.6 is 0 Å². The van der Waals surface area contributed by atoms with Gasteiger partial charge in [0.1, 0.15) is 0 Å². The topological polar surface area (TPSA) is 0 Å². The van der Waals surface area contributed by atoms with E-state index in [9.17, 15) is 0 Å². The van der Waals surface area contributed by atoms with Crippen LogP contribution in [0.4, 0.5) is 0 Å². The molecule has 1 radical (unpaired) electrons. The summed E-state index contributed by atoms with van der Waals surface area (Å²) in [5.74, 6) is 2.49. The molecule has 0 spiro atoms. The molecule has 0 bridgehead atoms. The fourth-order valence-corrected chi connectivity index (χ4v) is 1.89. The predicted molar refractivity (Wildman–Crippen MR) is 43.5 cm³/mol. The van der Waals surface area contributed by atoms with Crippen molar-refractivity contribution in [2.75, 3.05) is 0 Å². The Labute approximate surface area is 62.6 Å². The Balaban J connectivity index is 2.06. The van der Waals surface area contributed by atoms with E-state index in [-0.39, 0.29) is 0 Å². The minimum atomic E-state index is 0.870. The molecule has 10 heavy (non-hydrogen) atoms. The second kappa shape index (κ2) is 1.98. The maximum atomic E-state index is 2.28. The fourth-order valence-electron chi connectivity index (χ4n) is 1.89. The first-order valence-electron chi connectivity index (χ1n) is 4.10. The molecular weight excluding hydrogens is 120 g/mol. The van der Waals surface area contributed by atoms with Crippen LogP contribution in [-0.4, -0.2) is 0 Å². The van der Waals surface area contributed by atoms with Gasteiger partial charge in [0.05, 0.1) is 0 Å². The maximum absolute atomic E-state index is 2.28. The molecule has 0 aliphatic heterocycles. The van der Waals surface area contributed by atoms with Crippen molar-refractivity contribution in [3.05, 3.63) is 29.2 Å². The average molecular weight is 133 g/mol. The van der Waals surface area contributed by atoms with E-state index in [1.165, 1.54) is 18.4 Å². The third-order valence-electron chi connectivity index (χ3n) is 2.47. The molecular formula is C10H13. The van der Waals surface area contributed by atoms with Crippen molar-refractivity contribution in [1.82, 2.24) is 0 Å². The molecule has 0 aromatic rings. The number of hydrogen-bond donors (Lipinski definition) is 0. The van der Waals surface area contributed by atoms with Crippen LogP contribution in [-0.2, 0) is 0 Å². The maximum Gasteiger partial charge on any atom is 0.0303 e. The van der Waals surface area contributed by atoms with Gasteiger partial charge in [-0.2, -0.15) is 0 Å². The van der Waals surface area contributed by atoms with E-state index in [0.29, 0.717) is 0 Å². The molecule has 0 aromatic carbocycles. The SMILES string of the molecule is CCCC1[C]2C=CC(C)=C21. The molecule has 2 rings (SSSR count). The van der Waals surface area contributed by atoms with E-state index >= 15 is 0 Å². The summed E-state index contributed by atoms with van der Waals surface area (Å²) in [6, 6.07) is 0. The van der Waals surface area contributed by atoms with Gasteiger partial charge in [-0.05, 0) is 19.3 Å². The zero-order chi connectivity index (χ0) is 7.14. The molecule has 1 atom stereocenters. The summed E-state index contributed by atoms with van der Waals surface area (Å²) >= 11 is 0. The summed E-state index contributed by atoms with van der Waals surface area (Å²) in [5.41, 5.74) is 3.16. The monoisotopic (exact) mass is 133 g/mol. The summed E-state index contributed by atoms with van der Waals surface area (Å²) < 4.78 is 0. The summed E-state index contributed by atoms with van der Waals surface area (Å²) in [7, 11) is 0. The molecule has 53 valence electrons. The molecule has 0 N–H and O–H groups in total. The van der Waals surface area contributed by atoms with Gasteiger partial charge in [0.25, 0.3) is 0 Å². The molecule has 0 saturated heterocycles. The third-order valence-corrected chi connectivity index (χ3v) is 2.47. The predicted octanol–water partition coefficient (Wildman–Crippen LogP) is 2.88. The normalized spacial score (nSPS) is 29.6. The van der Waals surface area contributed by atoms with Crippen molar-refractivity contribution in [3.63, 3.8) is 0 Å². The molecule has 0 nitrogen and oxygen atoms in total. The molecule has 0 amide bonds. The lowest BCUT2D eigenvalue weighted by Gasteiger charge is -1.92. The standard InChI is InChI=1S/C10H13/c1-3-4-8-9-6-5-7(2)10(8)9/h5-6,8H,3-4H2,1-2H3. The van der Waals surface area contributed by atoms with Gasteiger partial charge in [-0.1, -0.05) is 36.6 Å². The van der Waals surface area contributed by atoms with Crippen molar-refractivity contribution >= 4 is 0 Å². The van der Waals surface area contributed by atoms with Crippen molar-refractivity contribution in [3.8, 4) is 0 Å². The quantitative estimate of drug-likeness (QED) is 0.543. The Morgan fingerprint density at radius 3 is 2.70 bits per heavy atom. The van der Waals surface area contributed by atoms with Gasteiger partial charge in [0.15, 0.2) is 0 Å². The van der Waals surface area contributed by atoms with Crippen LogP contribution in [0, 0.1) is 11.8 Å².